The first-order chi connectivity index (χ1) is 12.4. The van der Waals surface area contributed by atoms with Crippen LogP contribution in [0.4, 0.5) is 4.79 Å². The molecule has 1 heterocycles. The largest absolute Gasteiger partial charge is 0.325 e. The molecular weight excluding hydrogens is 332 g/mol. The number of amides is 4. The maximum Gasteiger partial charge on any atom is 0.325 e. The molecule has 4 amide bonds. The highest BCUT2D eigenvalue weighted by Gasteiger charge is 2.51. The number of rotatable bonds is 7. The summed E-state index contributed by atoms with van der Waals surface area (Å²) >= 11 is 0. The van der Waals surface area contributed by atoms with Crippen molar-refractivity contribution in [3.63, 3.8) is 0 Å². The number of urea groups is 1. The highest BCUT2D eigenvalue weighted by Crippen LogP contribution is 2.33. The number of nitrogens with zero attached hydrogens (tertiary/aromatic N) is 3. The lowest BCUT2D eigenvalue weighted by atomic mass is 9.81. The van der Waals surface area contributed by atoms with Crippen LogP contribution in [0.15, 0.2) is 0 Å². The van der Waals surface area contributed by atoms with E-state index >= 15 is 0 Å². The fourth-order valence-corrected chi connectivity index (χ4v) is 4.28. The molecule has 2 fully saturated rings. The molecule has 144 valence electrons. The van der Waals surface area contributed by atoms with Crippen LogP contribution in [0.3, 0.4) is 0 Å². The lowest BCUT2D eigenvalue weighted by Crippen LogP contribution is -2.53. The topological polar surface area (TPSA) is 93.5 Å². The van der Waals surface area contributed by atoms with Gasteiger partial charge in [0.25, 0.3) is 5.91 Å². The molecule has 0 aromatic carbocycles. The van der Waals surface area contributed by atoms with E-state index in [0.29, 0.717) is 25.7 Å². The molecule has 0 aromatic rings. The fraction of sp³-hybridized carbons (Fsp3) is 0.789. The molecule has 2 rings (SSSR count). The van der Waals surface area contributed by atoms with E-state index in [4.69, 9.17) is 0 Å². The Morgan fingerprint density at radius 2 is 1.77 bits per heavy atom. The molecule has 1 aliphatic heterocycles. The fourth-order valence-electron chi connectivity index (χ4n) is 4.28. The average Bonchev–Trinajstić information content (AvgIpc) is 2.86. The Bertz CT molecular complexity index is 598. The highest BCUT2D eigenvalue weighted by molar-refractivity contribution is 6.09. The summed E-state index contributed by atoms with van der Waals surface area (Å²) < 4.78 is 0. The molecule has 0 radical (unpaired) electrons. The molecule has 0 spiro atoms. The van der Waals surface area contributed by atoms with E-state index in [1.807, 2.05) is 13.8 Å². The second-order valence-electron chi connectivity index (χ2n) is 7.56. The molecule has 1 aliphatic carbocycles. The van der Waals surface area contributed by atoms with Gasteiger partial charge in [0, 0.05) is 7.05 Å². The minimum absolute atomic E-state index is 0.306. The molecule has 7 heteroatoms. The van der Waals surface area contributed by atoms with Gasteiger partial charge in [0.1, 0.15) is 17.6 Å². The summed E-state index contributed by atoms with van der Waals surface area (Å²) in [6, 6.07) is 1.80. The zero-order valence-electron chi connectivity index (χ0n) is 16.1. The third kappa shape index (κ3) is 3.55. The third-order valence-electron chi connectivity index (χ3n) is 5.80. The Balaban J connectivity index is 2.14. The van der Waals surface area contributed by atoms with E-state index in [1.54, 1.807) is 7.05 Å². The van der Waals surface area contributed by atoms with Crippen LogP contribution in [0, 0.1) is 11.3 Å². The summed E-state index contributed by atoms with van der Waals surface area (Å²) in [6.45, 7) is 3.64. The van der Waals surface area contributed by atoms with Gasteiger partial charge in [0.2, 0.25) is 5.91 Å². The van der Waals surface area contributed by atoms with Gasteiger partial charge in [0.05, 0.1) is 6.07 Å². The number of nitriles is 1. The van der Waals surface area contributed by atoms with Crippen molar-refractivity contribution in [3.8, 4) is 6.07 Å². The summed E-state index contributed by atoms with van der Waals surface area (Å²) in [5, 5.41) is 12.5. The Labute approximate surface area is 155 Å². The number of carbonyl (C=O) groups is 3. The van der Waals surface area contributed by atoms with Crippen molar-refractivity contribution in [2.45, 2.75) is 82.7 Å². The van der Waals surface area contributed by atoms with E-state index in [2.05, 4.69) is 11.4 Å². The molecule has 0 atom stereocenters. The second-order valence-corrected chi connectivity index (χ2v) is 7.56. The molecule has 0 bridgehead atoms. The normalized spacial score (nSPS) is 21.2. The van der Waals surface area contributed by atoms with Crippen LogP contribution in [-0.4, -0.2) is 52.3 Å². The monoisotopic (exact) mass is 362 g/mol. The maximum atomic E-state index is 12.9. The van der Waals surface area contributed by atoms with Gasteiger partial charge in [0.15, 0.2) is 0 Å². The molecule has 1 N–H and O–H groups in total. The molecular formula is C19H30N4O3. The number of imide groups is 1. The maximum absolute atomic E-state index is 12.9. The summed E-state index contributed by atoms with van der Waals surface area (Å²) in [7, 11) is 1.61. The first-order valence-corrected chi connectivity index (χ1v) is 9.68. The van der Waals surface area contributed by atoms with Crippen LogP contribution in [-0.2, 0) is 9.59 Å². The van der Waals surface area contributed by atoms with Gasteiger partial charge in [-0.25, -0.2) is 4.79 Å². The SMILES string of the molecule is CCCC1(CCC)NC(=O)N(CC(=O)N(C)C2(C#N)CCCCC2)C1=O. The zero-order chi connectivity index (χ0) is 19.4. The summed E-state index contributed by atoms with van der Waals surface area (Å²) in [4.78, 5) is 40.6. The van der Waals surface area contributed by atoms with Crippen molar-refractivity contribution >= 4 is 17.8 Å². The van der Waals surface area contributed by atoms with Crippen molar-refractivity contribution in [3.05, 3.63) is 0 Å². The summed E-state index contributed by atoms with van der Waals surface area (Å²) in [5.41, 5.74) is -1.71. The number of carbonyl (C=O) groups excluding carboxylic acids is 3. The predicted molar refractivity (Wildman–Crippen MR) is 97.0 cm³/mol. The van der Waals surface area contributed by atoms with Crippen LogP contribution in [0.2, 0.25) is 0 Å². The molecule has 26 heavy (non-hydrogen) atoms. The number of hydrogen-bond donors (Lipinski definition) is 1. The minimum Gasteiger partial charge on any atom is -0.325 e. The predicted octanol–water partition coefficient (Wildman–Crippen LogP) is 2.56. The number of likely N-dealkylation sites (N-methyl/N-ethyl adjacent to an activating group) is 1. The van der Waals surface area contributed by atoms with Gasteiger partial charge < -0.3 is 10.2 Å². The molecule has 0 unspecified atom stereocenters. The van der Waals surface area contributed by atoms with Crippen molar-refractivity contribution in [2.75, 3.05) is 13.6 Å². The highest BCUT2D eigenvalue weighted by atomic mass is 16.2. The molecule has 2 aliphatic rings. The molecule has 1 saturated carbocycles. The number of hydrogen-bond acceptors (Lipinski definition) is 4. The molecule has 0 aromatic heterocycles. The van der Waals surface area contributed by atoms with Crippen LogP contribution >= 0.6 is 0 Å². The lowest BCUT2D eigenvalue weighted by molar-refractivity contribution is -0.141. The van der Waals surface area contributed by atoms with Crippen molar-refractivity contribution in [1.29, 1.82) is 5.26 Å². The Kier molecular flexibility index (Phi) is 6.27. The van der Waals surface area contributed by atoms with Gasteiger partial charge in [-0.2, -0.15) is 5.26 Å². The standard InChI is InChI=1S/C19H30N4O3/c1-4-9-19(10-5-2)16(25)23(17(26)21-19)13-15(24)22(3)18(14-20)11-7-6-8-12-18/h4-13H2,1-3H3,(H,21,26). The van der Waals surface area contributed by atoms with Crippen LogP contribution in [0.5, 0.6) is 0 Å². The van der Waals surface area contributed by atoms with E-state index < -0.39 is 17.1 Å². The Hall–Kier alpha value is -2.10. The lowest BCUT2D eigenvalue weighted by Gasteiger charge is -2.39. The van der Waals surface area contributed by atoms with E-state index in [-0.39, 0.29) is 18.4 Å². The van der Waals surface area contributed by atoms with Gasteiger partial charge >= 0.3 is 6.03 Å². The second kappa shape index (κ2) is 8.07. The van der Waals surface area contributed by atoms with E-state index in [0.717, 1.165) is 37.0 Å². The van der Waals surface area contributed by atoms with Crippen LogP contribution in [0.25, 0.3) is 0 Å². The molecule has 1 saturated heterocycles. The van der Waals surface area contributed by atoms with E-state index in [1.165, 1.54) is 4.90 Å². The third-order valence-corrected chi connectivity index (χ3v) is 5.80. The van der Waals surface area contributed by atoms with E-state index in [9.17, 15) is 19.6 Å². The van der Waals surface area contributed by atoms with Crippen molar-refractivity contribution in [1.82, 2.24) is 15.1 Å². The zero-order valence-corrected chi connectivity index (χ0v) is 16.1. The first-order valence-electron chi connectivity index (χ1n) is 9.68. The van der Waals surface area contributed by atoms with Gasteiger partial charge in [-0.3, -0.25) is 14.5 Å². The van der Waals surface area contributed by atoms with Crippen molar-refractivity contribution in [2.24, 2.45) is 0 Å². The number of nitrogens with one attached hydrogen (secondary N) is 1. The summed E-state index contributed by atoms with van der Waals surface area (Å²) in [5.74, 6) is -0.677. The first kappa shape index (κ1) is 20.2. The smallest absolute Gasteiger partial charge is 0.325 e. The van der Waals surface area contributed by atoms with Gasteiger partial charge in [-0.1, -0.05) is 46.0 Å². The Morgan fingerprint density at radius 3 is 2.27 bits per heavy atom. The Morgan fingerprint density at radius 1 is 1.19 bits per heavy atom. The van der Waals surface area contributed by atoms with Gasteiger partial charge in [-0.15, -0.1) is 0 Å². The minimum atomic E-state index is -0.892. The van der Waals surface area contributed by atoms with Crippen molar-refractivity contribution < 1.29 is 14.4 Å². The average molecular weight is 362 g/mol. The van der Waals surface area contributed by atoms with Gasteiger partial charge in [-0.05, 0) is 25.7 Å². The molecule has 7 nitrogen and oxygen atoms in total. The van der Waals surface area contributed by atoms with Crippen LogP contribution in [0.1, 0.15) is 71.6 Å². The van der Waals surface area contributed by atoms with Crippen LogP contribution < -0.4 is 5.32 Å². The summed E-state index contributed by atoms with van der Waals surface area (Å²) in [6.07, 6.45) is 6.82. The quantitative estimate of drug-likeness (QED) is 0.704.